The molecule has 1 fully saturated rings. The Balaban J connectivity index is 1.98. The van der Waals surface area contributed by atoms with Crippen LogP contribution in [0.2, 0.25) is 0 Å². The minimum absolute atomic E-state index is 0.0688. The van der Waals surface area contributed by atoms with Gasteiger partial charge in [0.2, 0.25) is 0 Å². The number of alkyl halides is 1. The van der Waals surface area contributed by atoms with Gasteiger partial charge in [0.25, 0.3) is 0 Å². The highest BCUT2D eigenvalue weighted by atomic mass is 19.1. The minimum Gasteiger partial charge on any atom is -0.367 e. The van der Waals surface area contributed by atoms with Crippen molar-refractivity contribution < 1.29 is 23.2 Å². The van der Waals surface area contributed by atoms with Crippen molar-refractivity contribution in [3.05, 3.63) is 35.6 Å². The molecule has 1 aliphatic heterocycles. The number of ketones is 1. The van der Waals surface area contributed by atoms with E-state index in [1.54, 1.807) is 20.8 Å². The number of benzene rings is 1. The molecule has 0 spiro atoms. The predicted octanol–water partition coefficient (Wildman–Crippen LogP) is 3.32. The molecule has 1 heterocycles. The Morgan fingerprint density at radius 2 is 1.65 bits per heavy atom. The summed E-state index contributed by atoms with van der Waals surface area (Å²) in [5.74, 6) is -1.52. The molecule has 0 radical (unpaired) electrons. The molecule has 0 aromatic heterocycles. The number of hydroxylamine groups is 2. The molecule has 1 aromatic rings. The molecule has 0 bridgehead atoms. The smallest absolute Gasteiger partial charge is 0.330 e. The van der Waals surface area contributed by atoms with Gasteiger partial charge in [0.1, 0.15) is 5.82 Å². The van der Waals surface area contributed by atoms with Crippen LogP contribution in [0.5, 0.6) is 0 Å². The Morgan fingerprint density at radius 3 is 2.13 bits per heavy atom. The Labute approximate surface area is 134 Å². The topological polar surface area (TPSA) is 46.6 Å². The lowest BCUT2D eigenvalue weighted by molar-refractivity contribution is -0.208. The average molecular weight is 325 g/mol. The van der Waals surface area contributed by atoms with Crippen molar-refractivity contribution in [2.24, 2.45) is 5.41 Å². The van der Waals surface area contributed by atoms with Gasteiger partial charge in [-0.25, -0.2) is 13.6 Å². The lowest BCUT2D eigenvalue weighted by Crippen LogP contribution is -2.47. The fourth-order valence-corrected chi connectivity index (χ4v) is 2.27. The van der Waals surface area contributed by atoms with E-state index >= 15 is 0 Å². The van der Waals surface area contributed by atoms with Gasteiger partial charge in [-0.3, -0.25) is 4.79 Å². The van der Waals surface area contributed by atoms with E-state index in [1.165, 1.54) is 17.2 Å². The molecule has 2 rings (SSSR count). The molecule has 1 aliphatic rings. The number of carbonyl (C=O) groups excluding carboxylic acids is 2. The molecule has 0 unspecified atom stereocenters. The molecule has 6 heteroatoms. The van der Waals surface area contributed by atoms with Crippen molar-refractivity contribution in [3.63, 3.8) is 0 Å². The van der Waals surface area contributed by atoms with E-state index < -0.39 is 28.7 Å². The number of piperidine rings is 1. The molecular weight excluding hydrogens is 304 g/mol. The van der Waals surface area contributed by atoms with E-state index in [9.17, 15) is 18.4 Å². The second-order valence-corrected chi connectivity index (χ2v) is 6.86. The molecule has 1 aromatic carbocycles. The van der Waals surface area contributed by atoms with Crippen LogP contribution in [0, 0.1) is 11.2 Å². The van der Waals surface area contributed by atoms with Crippen LogP contribution in [0.3, 0.4) is 0 Å². The van der Waals surface area contributed by atoms with E-state index in [0.29, 0.717) is 0 Å². The maximum atomic E-state index is 14.9. The Bertz CT molecular complexity index is 585. The molecule has 0 amide bonds. The zero-order chi connectivity index (χ0) is 17.3. The third-order valence-corrected chi connectivity index (χ3v) is 3.85. The Hall–Kier alpha value is -1.82. The number of nitrogens with zero attached hydrogens (tertiary/aromatic N) is 1. The van der Waals surface area contributed by atoms with Crippen molar-refractivity contribution in [2.45, 2.75) is 39.3 Å². The van der Waals surface area contributed by atoms with Crippen LogP contribution >= 0.6 is 0 Å². The molecule has 23 heavy (non-hydrogen) atoms. The lowest BCUT2D eigenvalue weighted by Gasteiger charge is -2.35. The molecule has 0 aliphatic carbocycles. The Kier molecular flexibility index (Phi) is 4.84. The van der Waals surface area contributed by atoms with Gasteiger partial charge in [-0.2, -0.15) is 0 Å². The number of hydrogen-bond acceptors (Lipinski definition) is 4. The van der Waals surface area contributed by atoms with Gasteiger partial charge < -0.3 is 4.84 Å². The highest BCUT2D eigenvalue weighted by molar-refractivity contribution is 6.02. The number of Topliss-reactive ketones (excluding diaryl/α,β-unsaturated/α-hetero) is 1. The summed E-state index contributed by atoms with van der Waals surface area (Å²) in [6.07, 6.45) is -0.138. The van der Waals surface area contributed by atoms with Crippen LogP contribution < -0.4 is 0 Å². The number of hydrogen-bond donors (Lipinski definition) is 0. The second-order valence-electron chi connectivity index (χ2n) is 6.86. The SMILES string of the molecule is CC(C)(C)C(=O)ON1CCC(F)(C(=O)c2ccc(F)cc2)CC1. The van der Waals surface area contributed by atoms with E-state index in [0.717, 1.165) is 12.1 Å². The first-order valence-corrected chi connectivity index (χ1v) is 7.58. The number of rotatable bonds is 3. The summed E-state index contributed by atoms with van der Waals surface area (Å²) in [6, 6.07) is 4.84. The first-order valence-electron chi connectivity index (χ1n) is 7.58. The highest BCUT2D eigenvalue weighted by Gasteiger charge is 2.43. The fraction of sp³-hybridized carbons (Fsp3) is 0.529. The summed E-state index contributed by atoms with van der Waals surface area (Å²) >= 11 is 0. The monoisotopic (exact) mass is 325 g/mol. The minimum atomic E-state index is -2.01. The number of halogens is 2. The Morgan fingerprint density at radius 1 is 1.13 bits per heavy atom. The van der Waals surface area contributed by atoms with E-state index in [1.807, 2.05) is 0 Å². The largest absolute Gasteiger partial charge is 0.367 e. The first kappa shape index (κ1) is 17.5. The van der Waals surface area contributed by atoms with Gasteiger partial charge in [-0.15, -0.1) is 5.06 Å². The molecule has 4 nitrogen and oxygen atoms in total. The standard InChI is InChI=1S/C17H21F2NO3/c1-16(2,3)15(22)23-20-10-8-17(19,9-11-20)14(21)12-4-6-13(18)7-5-12/h4-7H,8-11H2,1-3H3. The van der Waals surface area contributed by atoms with Crippen LogP contribution in [0.25, 0.3) is 0 Å². The lowest BCUT2D eigenvalue weighted by atomic mass is 9.86. The van der Waals surface area contributed by atoms with Gasteiger partial charge in [-0.1, -0.05) is 0 Å². The molecule has 0 saturated carbocycles. The highest BCUT2D eigenvalue weighted by Crippen LogP contribution is 2.31. The molecule has 0 N–H and O–H groups in total. The van der Waals surface area contributed by atoms with Crippen molar-refractivity contribution in [1.82, 2.24) is 5.06 Å². The third-order valence-electron chi connectivity index (χ3n) is 3.85. The van der Waals surface area contributed by atoms with E-state index in [-0.39, 0.29) is 31.5 Å². The quantitative estimate of drug-likeness (QED) is 0.800. The van der Waals surface area contributed by atoms with Crippen molar-refractivity contribution in [2.75, 3.05) is 13.1 Å². The van der Waals surface area contributed by atoms with Gasteiger partial charge in [-0.05, 0) is 45.0 Å². The third kappa shape index (κ3) is 4.13. The normalized spacial score (nSPS) is 18.5. The van der Waals surface area contributed by atoms with Crippen LogP contribution in [0.15, 0.2) is 24.3 Å². The summed E-state index contributed by atoms with van der Waals surface area (Å²) in [4.78, 5) is 29.3. The van der Waals surface area contributed by atoms with Crippen molar-refractivity contribution in [1.29, 1.82) is 0 Å². The summed E-state index contributed by atoms with van der Waals surface area (Å²) in [5.41, 5.74) is -2.51. The molecular formula is C17H21F2NO3. The summed E-state index contributed by atoms with van der Waals surface area (Å²) in [5, 5.41) is 1.39. The van der Waals surface area contributed by atoms with E-state index in [2.05, 4.69) is 0 Å². The van der Waals surface area contributed by atoms with Gasteiger partial charge in [0.15, 0.2) is 11.5 Å². The zero-order valence-electron chi connectivity index (χ0n) is 13.6. The van der Waals surface area contributed by atoms with Gasteiger partial charge in [0, 0.05) is 31.5 Å². The molecule has 126 valence electrons. The van der Waals surface area contributed by atoms with Crippen LogP contribution in [-0.2, 0) is 9.63 Å². The van der Waals surface area contributed by atoms with Crippen molar-refractivity contribution >= 4 is 11.8 Å². The summed E-state index contributed by atoms with van der Waals surface area (Å²) < 4.78 is 27.8. The number of carbonyl (C=O) groups is 2. The van der Waals surface area contributed by atoms with Gasteiger partial charge in [0.05, 0.1) is 5.41 Å². The molecule has 1 saturated heterocycles. The summed E-state index contributed by atoms with van der Waals surface area (Å²) in [6.45, 7) is 5.49. The van der Waals surface area contributed by atoms with Crippen molar-refractivity contribution in [3.8, 4) is 0 Å². The van der Waals surface area contributed by atoms with Crippen LogP contribution in [0.4, 0.5) is 8.78 Å². The molecule has 0 atom stereocenters. The first-order chi connectivity index (χ1) is 10.6. The van der Waals surface area contributed by atoms with E-state index in [4.69, 9.17) is 4.84 Å². The van der Waals surface area contributed by atoms with Crippen LogP contribution in [0.1, 0.15) is 44.0 Å². The van der Waals surface area contributed by atoms with Crippen LogP contribution in [-0.4, -0.2) is 35.6 Å². The fourth-order valence-electron chi connectivity index (χ4n) is 2.27. The second kappa shape index (κ2) is 6.35. The maximum absolute atomic E-state index is 14.9. The summed E-state index contributed by atoms with van der Waals surface area (Å²) in [7, 11) is 0. The van der Waals surface area contributed by atoms with Gasteiger partial charge >= 0.3 is 5.97 Å². The average Bonchev–Trinajstić information content (AvgIpc) is 2.49. The maximum Gasteiger partial charge on any atom is 0.330 e. The zero-order valence-corrected chi connectivity index (χ0v) is 13.6. The predicted molar refractivity (Wildman–Crippen MR) is 80.9 cm³/mol.